The molecule has 3 atom stereocenters. The van der Waals surface area contributed by atoms with Crippen LogP contribution < -0.4 is 0 Å². The highest BCUT2D eigenvalue weighted by atomic mass is 35.5. The number of halogens is 2. The molecule has 1 amide bonds. The quantitative estimate of drug-likeness (QED) is 0.907. The summed E-state index contributed by atoms with van der Waals surface area (Å²) in [5.41, 5.74) is -0.148. The Hall–Kier alpha value is -1.62. The molecule has 6 heteroatoms. The highest BCUT2D eigenvalue weighted by Crippen LogP contribution is 2.40. The largest absolute Gasteiger partial charge is 0.480 e. The summed E-state index contributed by atoms with van der Waals surface area (Å²) in [5.74, 6) is -2.06. The first-order valence-corrected chi connectivity index (χ1v) is 7.87. The van der Waals surface area contributed by atoms with Crippen molar-refractivity contribution in [2.45, 2.75) is 44.2 Å². The van der Waals surface area contributed by atoms with Gasteiger partial charge in [-0.05, 0) is 43.4 Å². The predicted molar refractivity (Wildman–Crippen MR) is 79.4 cm³/mol. The summed E-state index contributed by atoms with van der Waals surface area (Å²) in [6, 6.07) is 2.80. The van der Waals surface area contributed by atoms with Crippen molar-refractivity contribution in [3.8, 4) is 0 Å². The van der Waals surface area contributed by atoms with Crippen molar-refractivity contribution in [3.63, 3.8) is 0 Å². The van der Waals surface area contributed by atoms with Gasteiger partial charge < -0.3 is 10.0 Å². The van der Waals surface area contributed by atoms with Crippen molar-refractivity contribution in [2.24, 2.45) is 5.92 Å². The van der Waals surface area contributed by atoms with Crippen LogP contribution in [0, 0.1) is 11.7 Å². The molecular weight excluding hydrogens is 309 g/mol. The average molecular weight is 326 g/mol. The third-order valence-corrected chi connectivity index (χ3v) is 5.00. The SMILES string of the molecule is O=C(O)C1CC2CCCCC2N1C(=O)c1cc(Cl)ccc1F. The summed E-state index contributed by atoms with van der Waals surface area (Å²) in [7, 11) is 0. The Morgan fingerprint density at radius 1 is 1.27 bits per heavy atom. The number of likely N-dealkylation sites (tertiary alicyclic amines) is 1. The molecule has 2 fully saturated rings. The molecule has 1 saturated heterocycles. The molecule has 0 radical (unpaired) electrons. The number of amides is 1. The zero-order valence-corrected chi connectivity index (χ0v) is 12.7. The third kappa shape index (κ3) is 2.58. The summed E-state index contributed by atoms with van der Waals surface area (Å²) in [6.07, 6.45) is 4.18. The number of rotatable bonds is 2. The molecule has 4 nitrogen and oxygen atoms in total. The molecule has 1 heterocycles. The van der Waals surface area contributed by atoms with Crippen molar-refractivity contribution in [1.82, 2.24) is 4.90 Å². The van der Waals surface area contributed by atoms with Crippen molar-refractivity contribution in [3.05, 3.63) is 34.6 Å². The van der Waals surface area contributed by atoms with Gasteiger partial charge in [0.25, 0.3) is 5.91 Å². The topological polar surface area (TPSA) is 57.6 Å². The van der Waals surface area contributed by atoms with E-state index < -0.39 is 23.7 Å². The first-order valence-electron chi connectivity index (χ1n) is 7.49. The van der Waals surface area contributed by atoms with E-state index in [1.165, 1.54) is 17.0 Å². The van der Waals surface area contributed by atoms with Gasteiger partial charge >= 0.3 is 5.97 Å². The fourth-order valence-corrected chi connectivity index (χ4v) is 3.95. The lowest BCUT2D eigenvalue weighted by Gasteiger charge is -2.33. The summed E-state index contributed by atoms with van der Waals surface area (Å²) >= 11 is 5.85. The maximum atomic E-state index is 14.0. The minimum absolute atomic E-state index is 0.110. The van der Waals surface area contributed by atoms with Gasteiger partial charge in [-0.1, -0.05) is 24.4 Å². The molecule has 3 unspecified atom stereocenters. The van der Waals surface area contributed by atoms with Gasteiger partial charge in [0, 0.05) is 11.1 Å². The Balaban J connectivity index is 1.97. The standard InChI is InChI=1S/C16H17ClFNO3/c17-10-5-6-12(18)11(8-10)15(20)19-13-4-2-1-3-9(13)7-14(19)16(21)22/h5-6,8-9,13-14H,1-4,7H2,(H,21,22). The van der Waals surface area contributed by atoms with E-state index in [1.54, 1.807) is 0 Å². The molecule has 1 saturated carbocycles. The number of nitrogens with zero attached hydrogens (tertiary/aromatic N) is 1. The van der Waals surface area contributed by atoms with Crippen LogP contribution in [-0.4, -0.2) is 34.0 Å². The van der Waals surface area contributed by atoms with Crippen LogP contribution in [0.15, 0.2) is 18.2 Å². The monoisotopic (exact) mass is 325 g/mol. The molecule has 0 bridgehead atoms. The Bertz CT molecular complexity index is 621. The molecule has 1 aliphatic carbocycles. The second-order valence-electron chi connectivity index (χ2n) is 6.04. The number of fused-ring (bicyclic) bond motifs is 1. The Morgan fingerprint density at radius 2 is 2.00 bits per heavy atom. The molecule has 2 aliphatic rings. The summed E-state index contributed by atoms with van der Waals surface area (Å²) in [4.78, 5) is 25.7. The Morgan fingerprint density at radius 3 is 2.73 bits per heavy atom. The second-order valence-corrected chi connectivity index (χ2v) is 6.47. The molecule has 118 valence electrons. The van der Waals surface area contributed by atoms with Crippen LogP contribution >= 0.6 is 11.6 Å². The fraction of sp³-hybridized carbons (Fsp3) is 0.500. The lowest BCUT2D eigenvalue weighted by Crippen LogP contribution is -2.46. The molecule has 22 heavy (non-hydrogen) atoms. The van der Waals surface area contributed by atoms with E-state index >= 15 is 0 Å². The number of carboxylic acids is 1. The van der Waals surface area contributed by atoms with Gasteiger partial charge in [-0.3, -0.25) is 4.79 Å². The molecule has 1 aromatic rings. The molecule has 1 aliphatic heterocycles. The first kappa shape index (κ1) is 15.3. The van der Waals surface area contributed by atoms with Crippen molar-refractivity contribution in [1.29, 1.82) is 0 Å². The van der Waals surface area contributed by atoms with Crippen molar-refractivity contribution in [2.75, 3.05) is 0 Å². The van der Waals surface area contributed by atoms with E-state index in [2.05, 4.69) is 0 Å². The van der Waals surface area contributed by atoms with Crippen LogP contribution in [0.5, 0.6) is 0 Å². The van der Waals surface area contributed by atoms with Crippen molar-refractivity contribution < 1.29 is 19.1 Å². The molecule has 0 aromatic heterocycles. The number of carboxylic acid groups (broad SMARTS) is 1. The van der Waals surface area contributed by atoms with Crippen LogP contribution in [0.2, 0.25) is 5.02 Å². The molecule has 0 spiro atoms. The number of carbonyl (C=O) groups is 2. The van der Waals surface area contributed by atoms with Gasteiger partial charge in [0.05, 0.1) is 5.56 Å². The number of benzene rings is 1. The second kappa shape index (κ2) is 5.88. The van der Waals surface area contributed by atoms with Crippen LogP contribution in [-0.2, 0) is 4.79 Å². The average Bonchev–Trinajstić information content (AvgIpc) is 2.88. The molecule has 3 rings (SSSR count). The lowest BCUT2D eigenvalue weighted by atomic mass is 9.84. The Kier molecular flexibility index (Phi) is 4.08. The highest BCUT2D eigenvalue weighted by molar-refractivity contribution is 6.31. The van der Waals surface area contributed by atoms with Gasteiger partial charge in [-0.25, -0.2) is 9.18 Å². The van der Waals surface area contributed by atoms with E-state index in [4.69, 9.17) is 11.6 Å². The molecule has 1 N–H and O–H groups in total. The van der Waals surface area contributed by atoms with Gasteiger partial charge in [-0.2, -0.15) is 0 Å². The maximum Gasteiger partial charge on any atom is 0.326 e. The molecule has 1 aromatic carbocycles. The maximum absolute atomic E-state index is 14.0. The minimum atomic E-state index is -1.02. The van der Waals surface area contributed by atoms with E-state index in [-0.39, 0.29) is 22.5 Å². The van der Waals surface area contributed by atoms with Gasteiger partial charge in [0.15, 0.2) is 0 Å². The van der Waals surface area contributed by atoms with Crippen LogP contribution in [0.1, 0.15) is 42.5 Å². The van der Waals surface area contributed by atoms with Gasteiger partial charge in [0.1, 0.15) is 11.9 Å². The minimum Gasteiger partial charge on any atom is -0.480 e. The van der Waals surface area contributed by atoms with Gasteiger partial charge in [0.2, 0.25) is 0 Å². The smallest absolute Gasteiger partial charge is 0.326 e. The number of aliphatic carboxylic acids is 1. The summed E-state index contributed by atoms with van der Waals surface area (Å²) in [6.45, 7) is 0. The highest BCUT2D eigenvalue weighted by Gasteiger charge is 2.48. The first-order chi connectivity index (χ1) is 10.5. The van der Waals surface area contributed by atoms with E-state index in [0.29, 0.717) is 6.42 Å². The van der Waals surface area contributed by atoms with Crippen LogP contribution in [0.25, 0.3) is 0 Å². The molecular formula is C16H17ClFNO3. The van der Waals surface area contributed by atoms with Gasteiger partial charge in [-0.15, -0.1) is 0 Å². The van der Waals surface area contributed by atoms with E-state index in [9.17, 15) is 19.1 Å². The zero-order valence-electron chi connectivity index (χ0n) is 12.0. The zero-order chi connectivity index (χ0) is 15.9. The Labute approximate surface area is 132 Å². The third-order valence-electron chi connectivity index (χ3n) is 4.77. The number of hydrogen-bond donors (Lipinski definition) is 1. The summed E-state index contributed by atoms with van der Waals surface area (Å²) in [5, 5.41) is 9.70. The predicted octanol–water partition coefficient (Wildman–Crippen LogP) is 3.34. The normalized spacial score (nSPS) is 27.5. The van der Waals surface area contributed by atoms with Crippen LogP contribution in [0.4, 0.5) is 4.39 Å². The van der Waals surface area contributed by atoms with Crippen LogP contribution in [0.3, 0.4) is 0 Å². The fourth-order valence-electron chi connectivity index (χ4n) is 3.77. The van der Waals surface area contributed by atoms with E-state index in [0.717, 1.165) is 31.7 Å². The summed E-state index contributed by atoms with van der Waals surface area (Å²) < 4.78 is 14.0. The number of carbonyl (C=O) groups excluding carboxylic acids is 1. The van der Waals surface area contributed by atoms with Crippen molar-refractivity contribution >= 4 is 23.5 Å². The number of hydrogen-bond acceptors (Lipinski definition) is 2. The lowest BCUT2D eigenvalue weighted by molar-refractivity contribution is -0.141. The van der Waals surface area contributed by atoms with E-state index in [1.807, 2.05) is 0 Å².